The summed E-state index contributed by atoms with van der Waals surface area (Å²) in [5.74, 6) is 0.650. The molecule has 1 amide bonds. The van der Waals surface area contributed by atoms with E-state index in [4.69, 9.17) is 0 Å². The Morgan fingerprint density at radius 1 is 1.21 bits per heavy atom. The fourth-order valence-electron chi connectivity index (χ4n) is 2.88. The molecule has 29 heavy (non-hydrogen) atoms. The topological polar surface area (TPSA) is 94.1 Å². The lowest BCUT2D eigenvalue weighted by molar-refractivity contribution is -0.127. The number of piperidine rings is 1. The van der Waals surface area contributed by atoms with Gasteiger partial charge in [0.2, 0.25) is 15.9 Å². The summed E-state index contributed by atoms with van der Waals surface area (Å²) < 4.78 is 25.6. The van der Waals surface area contributed by atoms with Crippen molar-refractivity contribution in [2.45, 2.75) is 32.4 Å². The van der Waals surface area contributed by atoms with Crippen LogP contribution in [0.1, 0.15) is 25.3 Å². The Morgan fingerprint density at radius 3 is 2.38 bits per heavy atom. The van der Waals surface area contributed by atoms with Crippen molar-refractivity contribution in [3.05, 3.63) is 35.9 Å². The largest absolute Gasteiger partial charge is 0.354 e. The molecule has 0 bridgehead atoms. The molecule has 2 N–H and O–H groups in total. The van der Waals surface area contributed by atoms with Crippen LogP contribution in [0.4, 0.5) is 0 Å². The molecular weight excluding hydrogens is 505 g/mol. The Labute approximate surface area is 191 Å². The Hall–Kier alpha value is -1.40. The zero-order valence-electron chi connectivity index (χ0n) is 17.3. The average Bonchev–Trinajstić information content (AvgIpc) is 2.70. The number of carbonyl (C=O) groups is 1. The lowest BCUT2D eigenvalue weighted by atomic mass is 10.1. The summed E-state index contributed by atoms with van der Waals surface area (Å²) in [7, 11) is 0.280. The second kappa shape index (κ2) is 12.3. The summed E-state index contributed by atoms with van der Waals surface area (Å²) >= 11 is 0. The molecule has 0 saturated carbocycles. The van der Waals surface area contributed by atoms with Crippen LogP contribution in [0, 0.1) is 0 Å². The quantitative estimate of drug-likeness (QED) is 0.310. The van der Waals surface area contributed by atoms with Crippen LogP contribution >= 0.6 is 24.0 Å². The molecule has 1 aliphatic heterocycles. The van der Waals surface area contributed by atoms with Crippen molar-refractivity contribution < 1.29 is 13.2 Å². The number of nitrogens with zero attached hydrogens (tertiary/aromatic N) is 3. The number of guanidine groups is 1. The molecule has 10 heteroatoms. The fraction of sp³-hybridized carbons (Fsp3) is 0.579. The predicted molar refractivity (Wildman–Crippen MR) is 127 cm³/mol. The minimum atomic E-state index is -3.14. The molecule has 1 aromatic carbocycles. The first-order valence-corrected chi connectivity index (χ1v) is 11.2. The zero-order valence-corrected chi connectivity index (χ0v) is 20.4. The van der Waals surface area contributed by atoms with Crippen LogP contribution < -0.4 is 10.6 Å². The van der Waals surface area contributed by atoms with Gasteiger partial charge in [-0.25, -0.2) is 17.7 Å². The molecule has 0 aromatic heterocycles. The highest BCUT2D eigenvalue weighted by atomic mass is 127. The van der Waals surface area contributed by atoms with Gasteiger partial charge >= 0.3 is 0 Å². The highest BCUT2D eigenvalue weighted by molar-refractivity contribution is 14.0. The summed E-state index contributed by atoms with van der Waals surface area (Å²) in [5.41, 5.74) is 1.08. The van der Waals surface area contributed by atoms with E-state index in [2.05, 4.69) is 15.6 Å². The predicted octanol–water partition coefficient (Wildman–Crippen LogP) is 1.24. The lowest BCUT2D eigenvalue weighted by Gasteiger charge is -2.32. The zero-order chi connectivity index (χ0) is 20.6. The third kappa shape index (κ3) is 8.47. The van der Waals surface area contributed by atoms with Gasteiger partial charge in [-0.15, -0.1) is 24.0 Å². The first-order valence-electron chi connectivity index (χ1n) is 9.58. The fourth-order valence-corrected chi connectivity index (χ4v) is 4.01. The highest BCUT2D eigenvalue weighted by Gasteiger charge is 2.27. The monoisotopic (exact) mass is 537 g/mol. The van der Waals surface area contributed by atoms with Gasteiger partial charge in [0.15, 0.2) is 5.96 Å². The number of carbonyl (C=O) groups excluding carboxylic acids is 1. The molecule has 8 nitrogen and oxygen atoms in total. The molecule has 0 radical (unpaired) electrons. The van der Waals surface area contributed by atoms with Crippen LogP contribution in [0.5, 0.6) is 0 Å². The number of rotatable bonds is 7. The van der Waals surface area contributed by atoms with Gasteiger partial charge in [0.1, 0.15) is 0 Å². The lowest BCUT2D eigenvalue weighted by Crippen LogP contribution is -2.51. The van der Waals surface area contributed by atoms with Crippen LogP contribution in [0.2, 0.25) is 0 Å². The van der Waals surface area contributed by atoms with Gasteiger partial charge < -0.3 is 15.5 Å². The van der Waals surface area contributed by atoms with Crippen LogP contribution in [0.15, 0.2) is 35.3 Å². The molecule has 1 saturated heterocycles. The van der Waals surface area contributed by atoms with Crippen molar-refractivity contribution in [2.24, 2.45) is 4.99 Å². The van der Waals surface area contributed by atoms with Gasteiger partial charge in [-0.2, -0.15) is 0 Å². The van der Waals surface area contributed by atoms with Crippen molar-refractivity contribution in [2.75, 3.05) is 39.5 Å². The number of hydrogen-bond acceptors (Lipinski definition) is 4. The normalized spacial score (nSPS) is 16.0. The standard InChI is InChI=1S/C19H31N5O3S.HI/c1-4-28(26,27)24-12-10-17(11-13-24)22-19(21-15-18(25)23(2)3)20-14-16-8-6-5-7-9-16;/h5-9,17H,4,10-15H2,1-3H3,(H2,20,21,22);1H. The van der Waals surface area contributed by atoms with Crippen molar-refractivity contribution >= 4 is 45.9 Å². The molecule has 0 unspecified atom stereocenters. The molecule has 2 rings (SSSR count). The van der Waals surface area contributed by atoms with Crippen molar-refractivity contribution in [1.82, 2.24) is 19.8 Å². The summed E-state index contributed by atoms with van der Waals surface area (Å²) in [6.07, 6.45) is 1.40. The van der Waals surface area contributed by atoms with Gasteiger partial charge in [0.25, 0.3) is 0 Å². The van der Waals surface area contributed by atoms with Crippen LogP contribution in [-0.2, 0) is 21.4 Å². The number of aliphatic imine (C=N–C) groups is 1. The second-order valence-electron chi connectivity index (χ2n) is 7.01. The molecule has 1 aromatic rings. The van der Waals surface area contributed by atoms with E-state index < -0.39 is 10.0 Å². The maximum absolute atomic E-state index is 12.0. The number of nitrogens with one attached hydrogen (secondary N) is 2. The van der Waals surface area contributed by atoms with Crippen LogP contribution in [0.25, 0.3) is 0 Å². The van der Waals surface area contributed by atoms with Gasteiger partial charge in [0.05, 0.1) is 18.8 Å². The molecule has 0 aliphatic carbocycles. The molecule has 0 spiro atoms. The van der Waals surface area contributed by atoms with Crippen LogP contribution in [0.3, 0.4) is 0 Å². The highest BCUT2D eigenvalue weighted by Crippen LogP contribution is 2.14. The number of halogens is 1. The Bertz CT molecular complexity index is 763. The van der Waals surface area contributed by atoms with E-state index in [1.165, 1.54) is 4.90 Å². The SMILES string of the molecule is CCS(=O)(=O)N1CCC(NC(=NCc2ccccc2)NCC(=O)N(C)C)CC1.I. The van der Waals surface area contributed by atoms with E-state index in [1.807, 2.05) is 30.3 Å². The van der Waals surface area contributed by atoms with Crippen molar-refractivity contribution in [1.29, 1.82) is 0 Å². The Morgan fingerprint density at radius 2 is 1.83 bits per heavy atom. The van der Waals surface area contributed by atoms with E-state index in [0.717, 1.165) is 5.56 Å². The van der Waals surface area contributed by atoms with Gasteiger partial charge in [-0.1, -0.05) is 30.3 Å². The maximum Gasteiger partial charge on any atom is 0.241 e. The number of benzene rings is 1. The molecule has 1 heterocycles. The molecule has 1 aliphatic rings. The maximum atomic E-state index is 12.0. The first-order chi connectivity index (χ1) is 13.3. The summed E-state index contributed by atoms with van der Waals surface area (Å²) in [4.78, 5) is 18.0. The van der Waals surface area contributed by atoms with Crippen molar-refractivity contribution in [3.8, 4) is 0 Å². The summed E-state index contributed by atoms with van der Waals surface area (Å²) in [6, 6.07) is 9.99. The smallest absolute Gasteiger partial charge is 0.241 e. The van der Waals surface area contributed by atoms with E-state index in [9.17, 15) is 13.2 Å². The molecule has 1 fully saturated rings. The summed E-state index contributed by atoms with van der Waals surface area (Å²) in [6.45, 7) is 3.30. The summed E-state index contributed by atoms with van der Waals surface area (Å²) in [5, 5.41) is 6.44. The van der Waals surface area contributed by atoms with Crippen LogP contribution in [-0.4, -0.2) is 75.0 Å². The Balaban J connectivity index is 0.00000420. The van der Waals surface area contributed by atoms with E-state index in [0.29, 0.717) is 38.4 Å². The Kier molecular flexibility index (Phi) is 10.9. The number of hydrogen-bond donors (Lipinski definition) is 2. The van der Waals surface area contributed by atoms with Gasteiger partial charge in [0, 0.05) is 33.2 Å². The molecular formula is C19H32IN5O3S. The van der Waals surface area contributed by atoms with E-state index in [-0.39, 0.29) is 48.2 Å². The van der Waals surface area contributed by atoms with E-state index >= 15 is 0 Å². The number of sulfonamides is 1. The van der Waals surface area contributed by atoms with Crippen molar-refractivity contribution in [3.63, 3.8) is 0 Å². The second-order valence-corrected chi connectivity index (χ2v) is 9.27. The molecule has 0 atom stereocenters. The number of amides is 1. The van der Waals surface area contributed by atoms with Gasteiger partial charge in [-0.3, -0.25) is 4.79 Å². The minimum Gasteiger partial charge on any atom is -0.354 e. The third-order valence-corrected chi connectivity index (χ3v) is 6.60. The third-order valence-electron chi connectivity index (χ3n) is 4.72. The minimum absolute atomic E-state index is 0. The number of likely N-dealkylation sites (N-methyl/N-ethyl adjacent to an activating group) is 1. The van der Waals surface area contributed by atoms with E-state index in [1.54, 1.807) is 25.3 Å². The first kappa shape index (κ1) is 25.6. The average molecular weight is 537 g/mol. The van der Waals surface area contributed by atoms with Gasteiger partial charge in [-0.05, 0) is 25.3 Å². The molecule has 164 valence electrons.